The zero-order valence-corrected chi connectivity index (χ0v) is 12.9. The number of fused-ring (bicyclic) bond motifs is 1. The van der Waals surface area contributed by atoms with Crippen molar-refractivity contribution in [2.24, 2.45) is 0 Å². The van der Waals surface area contributed by atoms with Crippen molar-refractivity contribution in [3.05, 3.63) is 64.3 Å². The van der Waals surface area contributed by atoms with Crippen LogP contribution in [0.2, 0.25) is 0 Å². The fourth-order valence-electron chi connectivity index (χ4n) is 2.25. The summed E-state index contributed by atoms with van der Waals surface area (Å²) in [5.41, 5.74) is 0.945. The van der Waals surface area contributed by atoms with E-state index in [-0.39, 0.29) is 10.6 Å². The number of H-pyrrole nitrogens is 1. The van der Waals surface area contributed by atoms with E-state index in [1.165, 1.54) is 48.7 Å². The SMILES string of the molecule is N#Cc1ccc(NS(=O)(=O)c2c[nH]c3cc([N+](=O)[O-])ccc23)cc1. The Balaban J connectivity index is 1.98. The van der Waals surface area contributed by atoms with Crippen LogP contribution < -0.4 is 4.72 Å². The number of anilines is 1. The summed E-state index contributed by atoms with van der Waals surface area (Å²) in [7, 11) is -3.88. The van der Waals surface area contributed by atoms with E-state index in [9.17, 15) is 18.5 Å². The highest BCUT2D eigenvalue weighted by Crippen LogP contribution is 2.27. The highest BCUT2D eigenvalue weighted by Gasteiger charge is 2.20. The minimum Gasteiger partial charge on any atom is -0.360 e. The molecule has 0 bridgehead atoms. The second-order valence-corrected chi connectivity index (χ2v) is 6.59. The molecule has 0 unspecified atom stereocenters. The van der Waals surface area contributed by atoms with Gasteiger partial charge in [-0.2, -0.15) is 5.26 Å². The maximum atomic E-state index is 12.5. The highest BCUT2D eigenvalue weighted by atomic mass is 32.2. The van der Waals surface area contributed by atoms with Crippen molar-refractivity contribution in [2.75, 3.05) is 4.72 Å². The Labute approximate surface area is 136 Å². The second kappa shape index (κ2) is 5.68. The fourth-order valence-corrected chi connectivity index (χ4v) is 3.48. The number of rotatable bonds is 4. The topological polar surface area (TPSA) is 129 Å². The highest BCUT2D eigenvalue weighted by molar-refractivity contribution is 7.93. The number of nitro groups is 1. The fraction of sp³-hybridized carbons (Fsp3) is 0. The van der Waals surface area contributed by atoms with E-state index < -0.39 is 14.9 Å². The molecule has 8 nitrogen and oxygen atoms in total. The molecule has 24 heavy (non-hydrogen) atoms. The summed E-state index contributed by atoms with van der Waals surface area (Å²) >= 11 is 0. The first kappa shape index (κ1) is 15.5. The number of nitrogens with zero attached hydrogens (tertiary/aromatic N) is 2. The van der Waals surface area contributed by atoms with E-state index in [0.29, 0.717) is 22.2 Å². The lowest BCUT2D eigenvalue weighted by Gasteiger charge is -2.07. The van der Waals surface area contributed by atoms with Crippen molar-refractivity contribution in [1.82, 2.24) is 4.98 Å². The Morgan fingerprint density at radius 1 is 1.17 bits per heavy atom. The Morgan fingerprint density at radius 3 is 2.50 bits per heavy atom. The number of benzene rings is 2. The molecule has 0 amide bonds. The average molecular weight is 342 g/mol. The number of nitro benzene ring substituents is 1. The molecule has 2 aromatic carbocycles. The number of sulfonamides is 1. The lowest BCUT2D eigenvalue weighted by molar-refractivity contribution is -0.384. The number of nitrogens with one attached hydrogen (secondary N) is 2. The second-order valence-electron chi connectivity index (χ2n) is 4.93. The van der Waals surface area contributed by atoms with Crippen LogP contribution in [0, 0.1) is 21.4 Å². The van der Waals surface area contributed by atoms with Gasteiger partial charge in [-0.1, -0.05) is 0 Å². The van der Waals surface area contributed by atoms with Gasteiger partial charge in [0.25, 0.3) is 15.7 Å². The van der Waals surface area contributed by atoms with E-state index in [4.69, 9.17) is 5.26 Å². The number of non-ortho nitro benzene ring substituents is 1. The van der Waals surface area contributed by atoms with Crippen molar-refractivity contribution in [1.29, 1.82) is 5.26 Å². The summed E-state index contributed by atoms with van der Waals surface area (Å²) in [6.45, 7) is 0. The maximum Gasteiger partial charge on any atom is 0.271 e. The molecule has 1 aromatic heterocycles. The van der Waals surface area contributed by atoms with Crippen LogP contribution in [0.1, 0.15) is 5.56 Å². The molecule has 3 rings (SSSR count). The van der Waals surface area contributed by atoms with Gasteiger partial charge in [0, 0.05) is 29.4 Å². The molecule has 120 valence electrons. The van der Waals surface area contributed by atoms with Crippen LogP contribution in [-0.2, 0) is 10.0 Å². The summed E-state index contributed by atoms with van der Waals surface area (Å²) in [4.78, 5) is 12.9. The van der Waals surface area contributed by atoms with Crippen LogP contribution in [0.15, 0.2) is 53.6 Å². The van der Waals surface area contributed by atoms with Crippen LogP contribution >= 0.6 is 0 Å². The zero-order valence-electron chi connectivity index (χ0n) is 12.1. The van der Waals surface area contributed by atoms with Crippen molar-refractivity contribution in [2.45, 2.75) is 4.90 Å². The molecule has 3 aromatic rings. The van der Waals surface area contributed by atoms with Gasteiger partial charge in [-0.3, -0.25) is 14.8 Å². The van der Waals surface area contributed by atoms with Crippen molar-refractivity contribution in [3.63, 3.8) is 0 Å². The van der Waals surface area contributed by atoms with Crippen molar-refractivity contribution in [3.8, 4) is 6.07 Å². The molecule has 1 heterocycles. The smallest absolute Gasteiger partial charge is 0.271 e. The Bertz CT molecular complexity index is 1080. The predicted octanol–water partition coefficient (Wildman–Crippen LogP) is 2.75. The summed E-state index contributed by atoms with van der Waals surface area (Å²) in [5.74, 6) is 0. The maximum absolute atomic E-state index is 12.5. The van der Waals surface area contributed by atoms with Gasteiger partial charge in [0.1, 0.15) is 4.90 Å². The first-order valence-corrected chi connectivity index (χ1v) is 8.17. The molecule has 0 atom stereocenters. The molecule has 9 heteroatoms. The van der Waals surface area contributed by atoms with E-state index in [2.05, 4.69) is 9.71 Å². The molecule has 0 saturated heterocycles. The van der Waals surface area contributed by atoms with Crippen molar-refractivity contribution >= 4 is 32.3 Å². The summed E-state index contributed by atoms with van der Waals surface area (Å²) in [6, 6.07) is 11.8. The summed E-state index contributed by atoms with van der Waals surface area (Å²) < 4.78 is 27.5. The number of aromatic nitrogens is 1. The van der Waals surface area contributed by atoms with E-state index in [0.717, 1.165) is 0 Å². The standard InChI is InChI=1S/C15H10N4O4S/c16-8-10-1-3-11(4-2-10)18-24(22,23)15-9-17-14-7-12(19(20)21)5-6-13(14)15/h1-7,9,17-18H. The van der Waals surface area contributed by atoms with Crippen LogP contribution in [0.4, 0.5) is 11.4 Å². The van der Waals surface area contributed by atoms with Crippen LogP contribution in [0.5, 0.6) is 0 Å². The van der Waals surface area contributed by atoms with E-state index in [1.54, 1.807) is 0 Å². The van der Waals surface area contributed by atoms with Gasteiger partial charge in [-0.05, 0) is 30.3 Å². The summed E-state index contributed by atoms with van der Waals surface area (Å²) in [6.07, 6.45) is 1.28. The molecule has 0 radical (unpaired) electrons. The largest absolute Gasteiger partial charge is 0.360 e. The Morgan fingerprint density at radius 2 is 1.88 bits per heavy atom. The van der Waals surface area contributed by atoms with Gasteiger partial charge in [-0.25, -0.2) is 8.42 Å². The number of aromatic amines is 1. The normalized spacial score (nSPS) is 11.1. The average Bonchev–Trinajstić information content (AvgIpc) is 2.99. The Hall–Kier alpha value is -3.38. The number of hydrogen-bond donors (Lipinski definition) is 2. The third kappa shape index (κ3) is 2.78. The first-order chi connectivity index (χ1) is 11.4. The van der Waals surface area contributed by atoms with Crippen molar-refractivity contribution < 1.29 is 13.3 Å². The number of hydrogen-bond acceptors (Lipinski definition) is 5. The minimum absolute atomic E-state index is 0.0169. The Kier molecular flexibility index (Phi) is 3.67. The number of nitriles is 1. The first-order valence-electron chi connectivity index (χ1n) is 6.69. The van der Waals surface area contributed by atoms with E-state index in [1.807, 2.05) is 6.07 Å². The molecule has 0 aliphatic heterocycles. The van der Waals surface area contributed by atoms with Gasteiger partial charge >= 0.3 is 0 Å². The van der Waals surface area contributed by atoms with E-state index >= 15 is 0 Å². The van der Waals surface area contributed by atoms with Gasteiger partial charge < -0.3 is 4.98 Å². The zero-order chi connectivity index (χ0) is 17.3. The third-order valence-electron chi connectivity index (χ3n) is 3.39. The minimum atomic E-state index is -3.88. The molecule has 0 aliphatic carbocycles. The molecule has 0 spiro atoms. The van der Waals surface area contributed by atoms with Gasteiger partial charge in [0.05, 0.1) is 22.1 Å². The molecule has 2 N–H and O–H groups in total. The summed E-state index contributed by atoms with van der Waals surface area (Å²) in [5, 5.41) is 19.9. The monoisotopic (exact) mass is 342 g/mol. The van der Waals surface area contributed by atoms with Gasteiger partial charge in [-0.15, -0.1) is 0 Å². The molecular weight excluding hydrogens is 332 g/mol. The lowest BCUT2D eigenvalue weighted by Crippen LogP contribution is -2.12. The lowest BCUT2D eigenvalue weighted by atomic mass is 10.2. The van der Waals surface area contributed by atoms with Crippen LogP contribution in [0.3, 0.4) is 0 Å². The molecular formula is C15H10N4O4S. The van der Waals surface area contributed by atoms with Crippen LogP contribution in [-0.4, -0.2) is 18.3 Å². The molecule has 0 saturated carbocycles. The predicted molar refractivity (Wildman–Crippen MR) is 86.9 cm³/mol. The van der Waals surface area contributed by atoms with Gasteiger partial charge in [0.15, 0.2) is 0 Å². The third-order valence-corrected chi connectivity index (χ3v) is 4.82. The van der Waals surface area contributed by atoms with Crippen LogP contribution in [0.25, 0.3) is 10.9 Å². The molecule has 0 aliphatic rings. The van der Waals surface area contributed by atoms with Gasteiger partial charge in [0.2, 0.25) is 0 Å². The molecule has 0 fully saturated rings. The quantitative estimate of drug-likeness (QED) is 0.556.